The maximum atomic E-state index is 10.9. The Hall–Kier alpha value is -0.530. The Labute approximate surface area is 97.1 Å². The van der Waals surface area contributed by atoms with Crippen molar-refractivity contribution < 1.29 is 4.79 Å². The lowest BCUT2D eigenvalue weighted by Crippen LogP contribution is -2.25. The lowest BCUT2D eigenvalue weighted by Gasteiger charge is -2.11. The Morgan fingerprint density at radius 2 is 1.33 bits per heavy atom. The van der Waals surface area contributed by atoms with Gasteiger partial charge in [0.2, 0.25) is 5.91 Å². The van der Waals surface area contributed by atoms with Crippen molar-refractivity contribution in [3.8, 4) is 0 Å². The average molecular weight is 217 g/mol. The second-order valence-electron chi connectivity index (χ2n) is 2.63. The predicted octanol–water partition coefficient (Wildman–Crippen LogP) is 4.10. The Morgan fingerprint density at radius 1 is 0.867 bits per heavy atom. The predicted molar refractivity (Wildman–Crippen MR) is 70.1 cm³/mol. The van der Waals surface area contributed by atoms with Gasteiger partial charge >= 0.3 is 0 Å². The number of hydrogen-bond acceptors (Lipinski definition) is 1. The van der Waals surface area contributed by atoms with Crippen LogP contribution in [0.25, 0.3) is 0 Å². The molecule has 0 bridgehead atoms. The van der Waals surface area contributed by atoms with Crippen LogP contribution in [-0.2, 0) is 4.79 Å². The highest BCUT2D eigenvalue weighted by atomic mass is 16.2. The fraction of sp³-hybridized carbons (Fsp3) is 0.923. The van der Waals surface area contributed by atoms with Crippen LogP contribution in [0.5, 0.6) is 0 Å². The van der Waals surface area contributed by atoms with Crippen LogP contribution < -0.4 is 0 Å². The fourth-order valence-corrected chi connectivity index (χ4v) is 1.12. The maximum absolute atomic E-state index is 10.9. The quantitative estimate of drug-likeness (QED) is 0.598. The highest BCUT2D eigenvalue weighted by Crippen LogP contribution is 2.08. The van der Waals surface area contributed by atoms with Crippen LogP contribution in [0, 0.1) is 0 Å². The smallest absolute Gasteiger partial charge is 0.222 e. The maximum Gasteiger partial charge on any atom is 0.222 e. The zero-order chi connectivity index (χ0) is 12.7. The van der Waals surface area contributed by atoms with Crippen LogP contribution in [0.2, 0.25) is 0 Å². The van der Waals surface area contributed by atoms with Crippen molar-refractivity contribution in [1.29, 1.82) is 0 Å². The number of rotatable bonds is 0. The van der Waals surface area contributed by atoms with Crippen LogP contribution in [-0.4, -0.2) is 24.4 Å². The summed E-state index contributed by atoms with van der Waals surface area (Å²) >= 11 is 0. The SMILES string of the molecule is CC.CC.CC.CN1CCCCCC1=O. The molecule has 0 radical (unpaired) electrons. The molecule has 0 spiro atoms. The van der Waals surface area contributed by atoms with Crippen LogP contribution in [0.4, 0.5) is 0 Å². The second kappa shape index (κ2) is 19.1. The van der Waals surface area contributed by atoms with Gasteiger partial charge in [-0.1, -0.05) is 48.0 Å². The number of carbonyl (C=O) groups is 1. The van der Waals surface area contributed by atoms with Gasteiger partial charge in [0.05, 0.1) is 0 Å². The van der Waals surface area contributed by atoms with E-state index in [1.165, 1.54) is 12.8 Å². The molecule has 0 aromatic rings. The Kier molecular flexibility index (Phi) is 25.4. The van der Waals surface area contributed by atoms with E-state index in [2.05, 4.69) is 0 Å². The monoisotopic (exact) mass is 217 g/mol. The van der Waals surface area contributed by atoms with E-state index in [1.807, 2.05) is 53.5 Å². The Balaban J connectivity index is -0.000000208. The molecule has 2 heteroatoms. The van der Waals surface area contributed by atoms with Gasteiger partial charge in [-0.3, -0.25) is 4.79 Å². The van der Waals surface area contributed by atoms with Crippen LogP contribution in [0.3, 0.4) is 0 Å². The molecule has 0 atom stereocenters. The number of likely N-dealkylation sites (tertiary alicyclic amines) is 1. The van der Waals surface area contributed by atoms with Gasteiger partial charge in [-0.25, -0.2) is 0 Å². The van der Waals surface area contributed by atoms with Gasteiger partial charge in [-0.15, -0.1) is 0 Å². The summed E-state index contributed by atoms with van der Waals surface area (Å²) in [4.78, 5) is 12.8. The van der Waals surface area contributed by atoms with Gasteiger partial charge in [0.1, 0.15) is 0 Å². The number of amides is 1. The molecule has 0 aliphatic carbocycles. The minimum absolute atomic E-state index is 0.313. The molecular formula is C13H31NO. The zero-order valence-electron chi connectivity index (χ0n) is 11.9. The first-order valence-electron chi connectivity index (χ1n) is 6.54. The van der Waals surface area contributed by atoms with Crippen molar-refractivity contribution in [3.05, 3.63) is 0 Å². The molecule has 0 aromatic heterocycles. The highest BCUT2D eigenvalue weighted by Gasteiger charge is 2.10. The summed E-state index contributed by atoms with van der Waals surface area (Å²) < 4.78 is 0. The topological polar surface area (TPSA) is 20.3 Å². The lowest BCUT2D eigenvalue weighted by atomic mass is 10.2. The molecule has 1 heterocycles. The van der Waals surface area contributed by atoms with Crippen LogP contribution >= 0.6 is 0 Å². The van der Waals surface area contributed by atoms with Gasteiger partial charge in [0.25, 0.3) is 0 Å². The lowest BCUT2D eigenvalue weighted by molar-refractivity contribution is -0.129. The molecule has 1 rings (SSSR count). The number of hydrogen-bond donors (Lipinski definition) is 0. The largest absolute Gasteiger partial charge is 0.346 e. The molecule has 0 saturated carbocycles. The summed E-state index contributed by atoms with van der Waals surface area (Å²) in [6, 6.07) is 0. The summed E-state index contributed by atoms with van der Waals surface area (Å²) in [7, 11) is 1.88. The number of nitrogens with zero attached hydrogens (tertiary/aromatic N) is 1. The van der Waals surface area contributed by atoms with Gasteiger partial charge in [-0.2, -0.15) is 0 Å². The summed E-state index contributed by atoms with van der Waals surface area (Å²) in [6.07, 6.45) is 4.25. The van der Waals surface area contributed by atoms with E-state index in [-0.39, 0.29) is 0 Å². The van der Waals surface area contributed by atoms with Crippen LogP contribution in [0.1, 0.15) is 67.2 Å². The molecule has 0 unspecified atom stereocenters. The van der Waals surface area contributed by atoms with Crippen molar-refractivity contribution in [2.75, 3.05) is 13.6 Å². The van der Waals surface area contributed by atoms with Gasteiger partial charge in [0.15, 0.2) is 0 Å². The van der Waals surface area contributed by atoms with Crippen molar-refractivity contribution in [3.63, 3.8) is 0 Å². The molecule has 1 saturated heterocycles. The van der Waals surface area contributed by atoms with E-state index in [1.54, 1.807) is 0 Å². The molecule has 1 fully saturated rings. The van der Waals surface area contributed by atoms with Gasteiger partial charge < -0.3 is 4.90 Å². The van der Waals surface area contributed by atoms with Gasteiger partial charge in [-0.05, 0) is 12.8 Å². The second-order valence-corrected chi connectivity index (χ2v) is 2.63. The summed E-state index contributed by atoms with van der Waals surface area (Å²) in [5.41, 5.74) is 0. The Morgan fingerprint density at radius 3 is 1.80 bits per heavy atom. The first-order valence-corrected chi connectivity index (χ1v) is 6.54. The van der Waals surface area contributed by atoms with E-state index in [9.17, 15) is 4.79 Å². The van der Waals surface area contributed by atoms with E-state index in [0.717, 1.165) is 19.4 Å². The zero-order valence-corrected chi connectivity index (χ0v) is 11.9. The molecule has 0 N–H and O–H groups in total. The molecule has 15 heavy (non-hydrogen) atoms. The fourth-order valence-electron chi connectivity index (χ4n) is 1.12. The third-order valence-corrected chi connectivity index (χ3v) is 1.81. The third kappa shape index (κ3) is 13.5. The van der Waals surface area contributed by atoms with Crippen molar-refractivity contribution >= 4 is 5.91 Å². The molecular weight excluding hydrogens is 186 g/mol. The average Bonchev–Trinajstić information content (AvgIpc) is 2.53. The Bertz CT molecular complexity index is 113. The van der Waals surface area contributed by atoms with E-state index in [0.29, 0.717) is 5.91 Å². The van der Waals surface area contributed by atoms with Crippen molar-refractivity contribution in [2.24, 2.45) is 0 Å². The summed E-state index contributed by atoms with van der Waals surface area (Å²) in [5.74, 6) is 0.313. The first kappa shape index (κ1) is 20.0. The third-order valence-electron chi connectivity index (χ3n) is 1.81. The molecule has 94 valence electrons. The molecule has 0 aromatic carbocycles. The molecule has 1 amide bonds. The first-order chi connectivity index (χ1) is 7.30. The standard InChI is InChI=1S/C7H13NO.3C2H6/c1-8-6-4-2-3-5-7(8)9;3*1-2/h2-6H2,1H3;3*1-2H3. The van der Waals surface area contributed by atoms with Gasteiger partial charge in [0, 0.05) is 20.0 Å². The molecule has 1 aliphatic heterocycles. The van der Waals surface area contributed by atoms with Crippen molar-refractivity contribution in [1.82, 2.24) is 4.90 Å². The minimum Gasteiger partial charge on any atom is -0.346 e. The highest BCUT2D eigenvalue weighted by molar-refractivity contribution is 5.75. The summed E-state index contributed by atoms with van der Waals surface area (Å²) in [6.45, 7) is 13.0. The molecule has 1 aliphatic rings. The minimum atomic E-state index is 0.313. The summed E-state index contributed by atoms with van der Waals surface area (Å²) in [5, 5.41) is 0. The van der Waals surface area contributed by atoms with Crippen LogP contribution in [0.15, 0.2) is 0 Å². The molecule has 2 nitrogen and oxygen atoms in total. The normalized spacial score (nSPS) is 14.3. The van der Waals surface area contributed by atoms with Crippen molar-refractivity contribution in [2.45, 2.75) is 67.2 Å². The van der Waals surface area contributed by atoms with E-state index >= 15 is 0 Å². The van der Waals surface area contributed by atoms with E-state index < -0.39 is 0 Å². The van der Waals surface area contributed by atoms with E-state index in [4.69, 9.17) is 0 Å². The number of carbonyl (C=O) groups excluding carboxylic acids is 1.